The number of oxazole rings is 1. The topological polar surface area (TPSA) is 29.3 Å². The van der Waals surface area contributed by atoms with Crippen molar-refractivity contribution in [3.63, 3.8) is 0 Å². The molecule has 0 bridgehead atoms. The summed E-state index contributed by atoms with van der Waals surface area (Å²) in [5, 5.41) is 6.86. The van der Waals surface area contributed by atoms with Gasteiger partial charge in [-0.25, -0.2) is 4.98 Å². The van der Waals surface area contributed by atoms with Gasteiger partial charge in [0.1, 0.15) is 5.52 Å². The summed E-state index contributed by atoms with van der Waals surface area (Å²) in [6.07, 6.45) is 0. The second kappa shape index (κ2) is 9.11. The first-order chi connectivity index (χ1) is 19.8. The zero-order valence-electron chi connectivity index (χ0n) is 21.7. The van der Waals surface area contributed by atoms with Crippen molar-refractivity contribution in [1.29, 1.82) is 0 Å². The molecule has 188 valence electrons. The van der Waals surface area contributed by atoms with Crippen molar-refractivity contribution in [3.05, 3.63) is 146 Å². The molecule has 0 saturated carbocycles. The lowest BCUT2D eigenvalue weighted by atomic mass is 9.99. The Morgan fingerprint density at radius 2 is 1.15 bits per heavy atom. The molecule has 3 heteroatoms. The SMILES string of the molecule is c1ccc(-c2nc3c4ccc(N(c5ccccc5)c5cccc6ccccc56)cc4c4ccccc4c3o2)cc1. The van der Waals surface area contributed by atoms with Crippen LogP contribution in [0.15, 0.2) is 150 Å². The minimum atomic E-state index is 0.638. The number of para-hydroxylation sites is 1. The van der Waals surface area contributed by atoms with E-state index in [9.17, 15) is 0 Å². The van der Waals surface area contributed by atoms with Crippen LogP contribution >= 0.6 is 0 Å². The van der Waals surface area contributed by atoms with Crippen LogP contribution in [0, 0.1) is 0 Å². The summed E-state index contributed by atoms with van der Waals surface area (Å²) in [6.45, 7) is 0. The van der Waals surface area contributed by atoms with Crippen LogP contribution in [-0.4, -0.2) is 4.98 Å². The van der Waals surface area contributed by atoms with Gasteiger partial charge in [-0.3, -0.25) is 0 Å². The molecular formula is C37H24N2O. The summed E-state index contributed by atoms with van der Waals surface area (Å²) in [6, 6.07) is 50.9. The van der Waals surface area contributed by atoms with Gasteiger partial charge in [0, 0.05) is 33.1 Å². The van der Waals surface area contributed by atoms with Gasteiger partial charge in [-0.05, 0) is 64.7 Å². The highest BCUT2D eigenvalue weighted by Gasteiger charge is 2.19. The Labute approximate surface area is 231 Å². The molecule has 3 nitrogen and oxygen atoms in total. The van der Waals surface area contributed by atoms with Crippen molar-refractivity contribution < 1.29 is 4.42 Å². The maximum absolute atomic E-state index is 6.42. The van der Waals surface area contributed by atoms with Gasteiger partial charge in [-0.15, -0.1) is 0 Å². The average molecular weight is 513 g/mol. The minimum absolute atomic E-state index is 0.638. The summed E-state index contributed by atoms with van der Waals surface area (Å²) in [4.78, 5) is 7.36. The fourth-order valence-electron chi connectivity index (χ4n) is 5.81. The van der Waals surface area contributed by atoms with E-state index in [1.807, 2.05) is 30.3 Å². The Hall–Kier alpha value is -5.41. The van der Waals surface area contributed by atoms with E-state index in [0.29, 0.717) is 5.89 Å². The monoisotopic (exact) mass is 512 g/mol. The number of rotatable bonds is 4. The van der Waals surface area contributed by atoms with Gasteiger partial charge in [0.15, 0.2) is 5.58 Å². The van der Waals surface area contributed by atoms with Crippen LogP contribution in [0.1, 0.15) is 0 Å². The fraction of sp³-hybridized carbons (Fsp3) is 0. The molecule has 0 atom stereocenters. The first kappa shape index (κ1) is 22.6. The van der Waals surface area contributed by atoms with Gasteiger partial charge < -0.3 is 9.32 Å². The molecule has 0 aliphatic heterocycles. The zero-order valence-corrected chi connectivity index (χ0v) is 21.7. The van der Waals surface area contributed by atoms with E-state index in [-0.39, 0.29) is 0 Å². The molecule has 1 aromatic heterocycles. The molecule has 40 heavy (non-hydrogen) atoms. The van der Waals surface area contributed by atoms with Crippen LogP contribution < -0.4 is 4.90 Å². The lowest BCUT2D eigenvalue weighted by Gasteiger charge is -2.27. The number of anilines is 3. The van der Waals surface area contributed by atoms with E-state index in [0.717, 1.165) is 55.3 Å². The highest BCUT2D eigenvalue weighted by Crippen LogP contribution is 2.43. The number of fused-ring (bicyclic) bond motifs is 7. The molecule has 0 amide bonds. The normalized spacial score (nSPS) is 11.5. The number of benzene rings is 7. The quantitative estimate of drug-likeness (QED) is 0.220. The lowest BCUT2D eigenvalue weighted by molar-refractivity contribution is 0.623. The van der Waals surface area contributed by atoms with Gasteiger partial charge in [-0.1, -0.05) is 97.1 Å². The Bertz CT molecular complexity index is 2160. The highest BCUT2D eigenvalue weighted by molar-refractivity contribution is 6.23. The van der Waals surface area contributed by atoms with Crippen LogP contribution in [-0.2, 0) is 0 Å². The van der Waals surface area contributed by atoms with E-state index in [1.54, 1.807) is 0 Å². The average Bonchev–Trinajstić information content (AvgIpc) is 3.49. The van der Waals surface area contributed by atoms with Crippen LogP contribution in [0.2, 0.25) is 0 Å². The van der Waals surface area contributed by atoms with E-state index < -0.39 is 0 Å². The highest BCUT2D eigenvalue weighted by atomic mass is 16.3. The Kier molecular flexibility index (Phi) is 5.14. The van der Waals surface area contributed by atoms with Crippen LogP contribution in [0.5, 0.6) is 0 Å². The summed E-state index contributed by atoms with van der Waals surface area (Å²) in [5.74, 6) is 0.638. The summed E-state index contributed by atoms with van der Waals surface area (Å²) in [7, 11) is 0. The zero-order chi connectivity index (χ0) is 26.5. The van der Waals surface area contributed by atoms with E-state index in [4.69, 9.17) is 9.40 Å². The number of hydrogen-bond donors (Lipinski definition) is 0. The number of aromatic nitrogens is 1. The molecule has 8 rings (SSSR count). The second-order valence-electron chi connectivity index (χ2n) is 10.0. The van der Waals surface area contributed by atoms with Crippen molar-refractivity contribution in [2.75, 3.05) is 4.90 Å². The molecule has 1 heterocycles. The third kappa shape index (κ3) is 3.56. The second-order valence-corrected chi connectivity index (χ2v) is 10.0. The smallest absolute Gasteiger partial charge is 0.227 e. The predicted molar refractivity (Wildman–Crippen MR) is 167 cm³/mol. The largest absolute Gasteiger partial charge is 0.435 e. The lowest BCUT2D eigenvalue weighted by Crippen LogP contribution is -2.10. The van der Waals surface area contributed by atoms with Crippen molar-refractivity contribution in [3.8, 4) is 11.5 Å². The Morgan fingerprint density at radius 1 is 0.475 bits per heavy atom. The summed E-state index contributed by atoms with van der Waals surface area (Å²) < 4.78 is 6.42. The molecule has 0 unspecified atom stereocenters. The molecule has 7 aromatic carbocycles. The first-order valence-electron chi connectivity index (χ1n) is 13.5. The van der Waals surface area contributed by atoms with Crippen LogP contribution in [0.3, 0.4) is 0 Å². The van der Waals surface area contributed by atoms with Crippen LogP contribution in [0.25, 0.3) is 54.9 Å². The molecule has 0 aliphatic rings. The van der Waals surface area contributed by atoms with Crippen molar-refractivity contribution >= 4 is 60.5 Å². The van der Waals surface area contributed by atoms with E-state index >= 15 is 0 Å². The predicted octanol–water partition coefficient (Wildman–Crippen LogP) is 10.4. The van der Waals surface area contributed by atoms with Gasteiger partial charge >= 0.3 is 0 Å². The number of nitrogens with zero attached hydrogens (tertiary/aromatic N) is 2. The maximum Gasteiger partial charge on any atom is 0.227 e. The summed E-state index contributed by atoms with van der Waals surface area (Å²) >= 11 is 0. The standard InChI is InChI=1S/C37H24N2O/c1-3-13-26(14-4-1)37-38-35-31-23-22-28(24-33(31)30-19-9-10-20-32(30)36(35)40-37)39(27-16-5-2-6-17-27)34-21-11-15-25-12-7-8-18-29(25)34/h1-24H. The Balaban J connectivity index is 1.42. The van der Waals surface area contributed by atoms with E-state index in [2.05, 4.69) is 120 Å². The Morgan fingerprint density at radius 3 is 1.98 bits per heavy atom. The third-order valence-electron chi connectivity index (χ3n) is 7.65. The molecule has 0 aliphatic carbocycles. The summed E-state index contributed by atoms with van der Waals surface area (Å²) in [5.41, 5.74) is 6.02. The first-order valence-corrected chi connectivity index (χ1v) is 13.5. The van der Waals surface area contributed by atoms with Gasteiger partial charge in [0.25, 0.3) is 0 Å². The minimum Gasteiger partial charge on any atom is -0.435 e. The fourth-order valence-corrected chi connectivity index (χ4v) is 5.81. The molecular weight excluding hydrogens is 488 g/mol. The van der Waals surface area contributed by atoms with Crippen molar-refractivity contribution in [2.24, 2.45) is 0 Å². The molecule has 8 aromatic rings. The molecule has 0 fully saturated rings. The van der Waals surface area contributed by atoms with Crippen LogP contribution in [0.4, 0.5) is 17.1 Å². The molecule has 0 saturated heterocycles. The number of hydrogen-bond acceptors (Lipinski definition) is 3. The maximum atomic E-state index is 6.42. The van der Waals surface area contributed by atoms with Crippen molar-refractivity contribution in [1.82, 2.24) is 4.98 Å². The van der Waals surface area contributed by atoms with Gasteiger partial charge in [-0.2, -0.15) is 0 Å². The van der Waals surface area contributed by atoms with E-state index in [1.165, 1.54) is 10.8 Å². The molecule has 0 radical (unpaired) electrons. The third-order valence-corrected chi connectivity index (χ3v) is 7.65. The molecule has 0 N–H and O–H groups in total. The molecule has 0 spiro atoms. The van der Waals surface area contributed by atoms with Gasteiger partial charge in [0.05, 0.1) is 5.69 Å². The van der Waals surface area contributed by atoms with Crippen molar-refractivity contribution in [2.45, 2.75) is 0 Å². The van der Waals surface area contributed by atoms with Gasteiger partial charge in [0.2, 0.25) is 5.89 Å².